The predicted molar refractivity (Wildman–Crippen MR) is 146 cm³/mol. The Morgan fingerprint density at radius 2 is 1.67 bits per heavy atom. The summed E-state index contributed by atoms with van der Waals surface area (Å²) in [6.45, 7) is 5.41. The zero-order valence-electron chi connectivity index (χ0n) is 20.5. The van der Waals surface area contributed by atoms with Crippen LogP contribution in [0, 0.1) is 0 Å². The van der Waals surface area contributed by atoms with Gasteiger partial charge in [-0.1, -0.05) is 42.5 Å². The quantitative estimate of drug-likeness (QED) is 0.373. The lowest BCUT2D eigenvalue weighted by Gasteiger charge is -2.32. The zero-order valence-corrected chi connectivity index (χ0v) is 21.4. The van der Waals surface area contributed by atoms with Crippen molar-refractivity contribution in [3.05, 3.63) is 78.5 Å². The molecule has 1 aliphatic rings. The smallest absolute Gasteiger partial charge is 0.227 e. The first-order chi connectivity index (χ1) is 17.5. The third-order valence-corrected chi connectivity index (χ3v) is 7.34. The molecule has 5 rings (SSSR count). The molecule has 186 valence electrons. The van der Waals surface area contributed by atoms with E-state index >= 15 is 0 Å². The molecule has 0 unspecified atom stereocenters. The van der Waals surface area contributed by atoms with Crippen LogP contribution >= 0.6 is 0 Å². The molecular formula is C27H30N6O2S. The molecule has 1 fully saturated rings. The first-order valence-electron chi connectivity index (χ1n) is 12.0. The summed E-state index contributed by atoms with van der Waals surface area (Å²) in [5.41, 5.74) is 5.73. The number of fused-ring (bicyclic) bond motifs is 1. The van der Waals surface area contributed by atoms with E-state index in [4.69, 9.17) is 4.98 Å². The van der Waals surface area contributed by atoms with Gasteiger partial charge < -0.3 is 10.2 Å². The van der Waals surface area contributed by atoms with Crippen LogP contribution in [0.4, 0.5) is 17.3 Å². The van der Waals surface area contributed by atoms with Crippen LogP contribution < -0.4 is 9.62 Å². The lowest BCUT2D eigenvalue weighted by Crippen LogP contribution is -2.43. The molecule has 0 amide bonds. The van der Waals surface area contributed by atoms with Crippen LogP contribution in [0.3, 0.4) is 0 Å². The number of piperazine rings is 1. The predicted octanol–water partition coefficient (Wildman–Crippen LogP) is 3.75. The zero-order chi connectivity index (χ0) is 25.1. The first-order valence-corrected chi connectivity index (χ1v) is 13.1. The average Bonchev–Trinajstić information content (AvgIpc) is 2.90. The van der Waals surface area contributed by atoms with E-state index < -0.39 is 10.9 Å². The summed E-state index contributed by atoms with van der Waals surface area (Å²) in [5.74, 6) is 0.484. The summed E-state index contributed by atoms with van der Waals surface area (Å²) in [5, 5.41) is 4.20. The van der Waals surface area contributed by atoms with Crippen molar-refractivity contribution >= 4 is 39.1 Å². The second-order valence-electron chi connectivity index (χ2n) is 9.15. The van der Waals surface area contributed by atoms with Crippen molar-refractivity contribution in [2.24, 2.45) is 0 Å². The van der Waals surface area contributed by atoms with Crippen molar-refractivity contribution in [3.8, 4) is 11.1 Å². The molecule has 2 heterocycles. The van der Waals surface area contributed by atoms with E-state index in [1.54, 1.807) is 12.1 Å². The Labute approximate surface area is 213 Å². The minimum Gasteiger partial charge on any atom is -0.324 e. The summed E-state index contributed by atoms with van der Waals surface area (Å²) in [7, 11) is 1.03. The lowest BCUT2D eigenvalue weighted by atomic mass is 10.0. The Bertz CT molecular complexity index is 1410. The van der Waals surface area contributed by atoms with Crippen molar-refractivity contribution < 1.29 is 8.42 Å². The Morgan fingerprint density at radius 3 is 2.36 bits per heavy atom. The maximum atomic E-state index is 11.2. The van der Waals surface area contributed by atoms with Crippen molar-refractivity contribution in [1.82, 2.24) is 19.8 Å². The van der Waals surface area contributed by atoms with Crippen LogP contribution in [0.1, 0.15) is 5.56 Å². The molecule has 4 aromatic rings. The Hall–Kier alpha value is -3.53. The molecule has 0 aliphatic carbocycles. The van der Waals surface area contributed by atoms with Crippen LogP contribution in [-0.2, 0) is 17.4 Å². The summed E-state index contributed by atoms with van der Waals surface area (Å²) in [6, 6.07) is 22.0. The van der Waals surface area contributed by atoms with Gasteiger partial charge in [0.2, 0.25) is 16.8 Å². The number of hydrogen-bond acceptors (Lipinski definition) is 7. The average molecular weight is 503 g/mol. The van der Waals surface area contributed by atoms with Crippen LogP contribution in [0.2, 0.25) is 0 Å². The van der Waals surface area contributed by atoms with E-state index in [2.05, 4.69) is 57.5 Å². The normalized spacial score (nSPS) is 14.9. The highest BCUT2D eigenvalue weighted by Gasteiger charge is 2.14. The molecular weight excluding hydrogens is 472 g/mol. The van der Waals surface area contributed by atoms with Gasteiger partial charge >= 0.3 is 0 Å². The third kappa shape index (κ3) is 5.48. The molecule has 9 heteroatoms. The van der Waals surface area contributed by atoms with E-state index in [1.165, 1.54) is 16.9 Å². The van der Waals surface area contributed by atoms with Gasteiger partial charge in [-0.2, -0.15) is 0 Å². The number of benzene rings is 3. The number of likely N-dealkylation sites (N-methyl/N-ethyl adjacent to an activating group) is 1. The number of aromatic nitrogens is 2. The highest BCUT2D eigenvalue weighted by molar-refractivity contribution is 7.74. The Balaban J connectivity index is 1.35. The summed E-state index contributed by atoms with van der Waals surface area (Å²) < 4.78 is 23.6. The van der Waals surface area contributed by atoms with E-state index in [1.807, 2.05) is 30.5 Å². The minimum atomic E-state index is -2.67. The molecule has 3 aromatic carbocycles. The maximum absolute atomic E-state index is 11.2. The fourth-order valence-electron chi connectivity index (χ4n) is 4.39. The van der Waals surface area contributed by atoms with Crippen LogP contribution in [0.5, 0.6) is 0 Å². The van der Waals surface area contributed by atoms with Crippen LogP contribution in [0.25, 0.3) is 22.0 Å². The van der Waals surface area contributed by atoms with E-state index in [9.17, 15) is 8.42 Å². The Kier molecular flexibility index (Phi) is 7.13. The second kappa shape index (κ2) is 10.6. The molecule has 1 saturated heterocycles. The van der Waals surface area contributed by atoms with Crippen molar-refractivity contribution in [1.29, 1.82) is 0 Å². The summed E-state index contributed by atoms with van der Waals surface area (Å²) >= 11 is 0. The summed E-state index contributed by atoms with van der Waals surface area (Å²) in [4.78, 5) is 14.2. The highest BCUT2D eigenvalue weighted by atomic mass is 32.2. The number of thiol groups is 1. The topological polar surface area (TPSA) is 81.7 Å². The van der Waals surface area contributed by atoms with Crippen molar-refractivity contribution in [2.45, 2.75) is 6.54 Å². The van der Waals surface area contributed by atoms with E-state index in [-0.39, 0.29) is 0 Å². The van der Waals surface area contributed by atoms with Gasteiger partial charge in [-0.05, 0) is 42.4 Å². The maximum Gasteiger partial charge on any atom is 0.227 e. The fraction of sp³-hybridized carbons (Fsp3) is 0.259. The Morgan fingerprint density at radius 1 is 0.944 bits per heavy atom. The molecule has 1 aromatic heterocycles. The number of nitrogens with zero attached hydrogens (tertiary/aromatic N) is 5. The molecule has 0 saturated carbocycles. The second-order valence-corrected chi connectivity index (χ2v) is 10.2. The first kappa shape index (κ1) is 24.2. The van der Waals surface area contributed by atoms with Gasteiger partial charge in [0.1, 0.15) is 0 Å². The molecule has 0 bridgehead atoms. The number of anilines is 3. The molecule has 0 radical (unpaired) electrons. The number of rotatable bonds is 7. The van der Waals surface area contributed by atoms with E-state index in [0.717, 1.165) is 60.4 Å². The molecule has 0 atom stereocenters. The third-order valence-electron chi connectivity index (χ3n) is 6.62. The van der Waals surface area contributed by atoms with Crippen LogP contribution in [0.15, 0.2) is 72.9 Å². The molecule has 1 aliphatic heterocycles. The van der Waals surface area contributed by atoms with Gasteiger partial charge in [0, 0.05) is 62.6 Å². The SMILES string of the molecule is CN1CCN(Cc2ccc(-c3cccc4cnc(Nc5ccc(N(C)[SH](=O)=O)cc5)nc34)cc2)CC1. The van der Waals surface area contributed by atoms with Gasteiger partial charge in [-0.15, -0.1) is 0 Å². The van der Waals surface area contributed by atoms with Gasteiger partial charge in [0.15, 0.2) is 0 Å². The standard InChI is InChI=1S/C27H30N6O2S/c1-31-14-16-33(17-15-31)19-20-6-8-21(9-7-20)25-5-3-4-22-18-28-27(30-26(22)25)29-23-10-12-24(13-11-23)32(2)36(34)35/h3-13,18,36H,14-17,19H2,1-2H3,(H,28,29,30). The van der Waals surface area contributed by atoms with Gasteiger partial charge in [0.25, 0.3) is 0 Å². The number of para-hydroxylation sites is 1. The minimum absolute atomic E-state index is 0.484. The van der Waals surface area contributed by atoms with Crippen molar-refractivity contribution in [3.63, 3.8) is 0 Å². The van der Waals surface area contributed by atoms with Gasteiger partial charge in [-0.3, -0.25) is 9.21 Å². The molecule has 1 N–H and O–H groups in total. The van der Waals surface area contributed by atoms with Gasteiger partial charge in [-0.25, -0.2) is 18.4 Å². The lowest BCUT2D eigenvalue weighted by molar-refractivity contribution is 0.148. The summed E-state index contributed by atoms with van der Waals surface area (Å²) in [6.07, 6.45) is 1.82. The highest BCUT2D eigenvalue weighted by Crippen LogP contribution is 2.29. The largest absolute Gasteiger partial charge is 0.324 e. The van der Waals surface area contributed by atoms with Gasteiger partial charge in [0.05, 0.1) is 11.2 Å². The fourth-order valence-corrected chi connectivity index (χ4v) is 4.71. The van der Waals surface area contributed by atoms with Crippen LogP contribution in [-0.4, -0.2) is 68.5 Å². The molecule has 0 spiro atoms. The number of nitrogens with one attached hydrogen (secondary N) is 1. The number of hydrogen-bond donors (Lipinski definition) is 2. The molecule has 36 heavy (non-hydrogen) atoms. The monoisotopic (exact) mass is 502 g/mol. The molecule has 8 nitrogen and oxygen atoms in total. The van der Waals surface area contributed by atoms with Crippen molar-refractivity contribution in [2.75, 3.05) is 49.9 Å². The van der Waals surface area contributed by atoms with E-state index in [0.29, 0.717) is 11.6 Å².